The van der Waals surface area contributed by atoms with E-state index in [4.69, 9.17) is 4.74 Å². The number of methoxy groups -OCH3 is 1. The highest BCUT2D eigenvalue weighted by molar-refractivity contribution is 5.89. The summed E-state index contributed by atoms with van der Waals surface area (Å²) in [6, 6.07) is 6.04. The summed E-state index contributed by atoms with van der Waals surface area (Å²) in [6.45, 7) is 3.73. The van der Waals surface area contributed by atoms with Gasteiger partial charge in [0, 0.05) is 5.69 Å². The third-order valence-electron chi connectivity index (χ3n) is 4.01. The third kappa shape index (κ3) is 2.82. The predicted octanol–water partition coefficient (Wildman–Crippen LogP) is 3.50. The van der Waals surface area contributed by atoms with Gasteiger partial charge in [0.15, 0.2) is 11.3 Å². The number of benzene rings is 1. The fraction of sp³-hybridized carbons (Fsp3) is 0.278. The minimum atomic E-state index is -1.13. The first-order valence-electron chi connectivity index (χ1n) is 7.93. The van der Waals surface area contributed by atoms with Crippen molar-refractivity contribution in [3.63, 3.8) is 0 Å². The molecule has 3 rings (SSSR count). The van der Waals surface area contributed by atoms with E-state index < -0.39 is 11.8 Å². The first-order chi connectivity index (χ1) is 12.0. The zero-order valence-electron chi connectivity index (χ0n) is 14.2. The summed E-state index contributed by atoms with van der Waals surface area (Å²) < 4.78 is 21.4. The molecule has 0 spiro atoms. The van der Waals surface area contributed by atoms with Gasteiger partial charge in [-0.3, -0.25) is 0 Å². The van der Waals surface area contributed by atoms with Gasteiger partial charge in [-0.1, -0.05) is 19.4 Å². The van der Waals surface area contributed by atoms with E-state index in [9.17, 15) is 14.3 Å². The van der Waals surface area contributed by atoms with Gasteiger partial charge in [-0.15, -0.1) is 0 Å². The van der Waals surface area contributed by atoms with Crippen LogP contribution < -0.4 is 4.74 Å². The molecule has 2 heterocycles. The second-order valence-corrected chi connectivity index (χ2v) is 5.70. The Morgan fingerprint density at radius 1 is 1.36 bits per heavy atom. The lowest BCUT2D eigenvalue weighted by Gasteiger charge is -2.10. The first kappa shape index (κ1) is 16.9. The second-order valence-electron chi connectivity index (χ2n) is 5.70. The smallest absolute Gasteiger partial charge is 0.354 e. The van der Waals surface area contributed by atoms with E-state index in [1.54, 1.807) is 23.6 Å². The van der Waals surface area contributed by atoms with E-state index in [1.165, 1.54) is 19.2 Å². The fourth-order valence-corrected chi connectivity index (χ4v) is 2.94. The van der Waals surface area contributed by atoms with Crippen LogP contribution in [0.5, 0.6) is 5.75 Å². The van der Waals surface area contributed by atoms with Crippen molar-refractivity contribution in [3.8, 4) is 16.9 Å². The average Bonchev–Trinajstić information content (AvgIpc) is 2.91. The van der Waals surface area contributed by atoms with E-state index in [1.807, 2.05) is 6.92 Å². The van der Waals surface area contributed by atoms with Crippen molar-refractivity contribution >= 4 is 11.6 Å². The molecular weight excluding hydrogens is 325 g/mol. The largest absolute Gasteiger partial charge is 0.496 e. The summed E-state index contributed by atoms with van der Waals surface area (Å²) in [7, 11) is 1.46. The Balaban J connectivity index is 2.41. The number of fused-ring (bicyclic) bond motifs is 1. The van der Waals surface area contributed by atoms with E-state index in [0.29, 0.717) is 29.1 Å². The topological polar surface area (TPSA) is 76.7 Å². The van der Waals surface area contributed by atoms with Gasteiger partial charge < -0.3 is 9.84 Å². The molecule has 0 aliphatic rings. The highest BCUT2D eigenvalue weighted by Crippen LogP contribution is 2.37. The number of ether oxygens (including phenoxy) is 1. The van der Waals surface area contributed by atoms with Crippen molar-refractivity contribution in [3.05, 3.63) is 47.2 Å². The lowest BCUT2D eigenvalue weighted by atomic mass is 10.0. The summed E-state index contributed by atoms with van der Waals surface area (Å²) in [6.07, 6.45) is 1.45. The molecule has 0 fully saturated rings. The van der Waals surface area contributed by atoms with Crippen LogP contribution >= 0.6 is 0 Å². The lowest BCUT2D eigenvalue weighted by molar-refractivity contribution is 0.0690. The van der Waals surface area contributed by atoms with Crippen LogP contribution in [0.1, 0.15) is 35.2 Å². The quantitative estimate of drug-likeness (QED) is 0.767. The molecule has 25 heavy (non-hydrogen) atoms. The molecule has 0 radical (unpaired) electrons. The molecule has 1 aromatic carbocycles. The summed E-state index contributed by atoms with van der Waals surface area (Å²) in [5.41, 5.74) is 2.16. The number of hydrogen-bond acceptors (Lipinski definition) is 4. The molecule has 0 aliphatic carbocycles. The van der Waals surface area contributed by atoms with Gasteiger partial charge in [-0.05, 0) is 31.5 Å². The maximum absolute atomic E-state index is 14.6. The number of carboxylic acid groups (broad SMARTS) is 1. The SMILES string of the molecule is CCCc1cc(C(=O)O)nc2c(-c3c(F)cccc3OC)c(C)nn12. The van der Waals surface area contributed by atoms with Crippen LogP contribution in [0.4, 0.5) is 4.39 Å². The van der Waals surface area contributed by atoms with Crippen LogP contribution in [-0.4, -0.2) is 32.8 Å². The van der Waals surface area contributed by atoms with Crippen molar-refractivity contribution in [2.75, 3.05) is 7.11 Å². The van der Waals surface area contributed by atoms with Crippen molar-refractivity contribution < 1.29 is 19.0 Å². The van der Waals surface area contributed by atoms with E-state index in [-0.39, 0.29) is 11.3 Å². The molecule has 2 aromatic heterocycles. The summed E-state index contributed by atoms with van der Waals surface area (Å²) in [4.78, 5) is 15.7. The monoisotopic (exact) mass is 343 g/mol. The average molecular weight is 343 g/mol. The van der Waals surface area contributed by atoms with Crippen molar-refractivity contribution in [1.82, 2.24) is 14.6 Å². The molecule has 0 bridgehead atoms. The van der Waals surface area contributed by atoms with Gasteiger partial charge in [-0.2, -0.15) is 5.10 Å². The molecule has 0 amide bonds. The van der Waals surface area contributed by atoms with Crippen LogP contribution in [0, 0.1) is 12.7 Å². The zero-order valence-corrected chi connectivity index (χ0v) is 14.2. The van der Waals surface area contributed by atoms with Gasteiger partial charge >= 0.3 is 5.97 Å². The molecule has 6 nitrogen and oxygen atoms in total. The number of carbonyl (C=O) groups is 1. The Kier molecular flexibility index (Phi) is 4.39. The number of hydrogen-bond donors (Lipinski definition) is 1. The van der Waals surface area contributed by atoms with Crippen molar-refractivity contribution in [2.45, 2.75) is 26.7 Å². The van der Waals surface area contributed by atoms with Crippen LogP contribution in [0.25, 0.3) is 16.8 Å². The standard InChI is InChI=1S/C18H18FN3O3/c1-4-6-11-9-13(18(23)24)20-17-15(10(2)21-22(11)17)16-12(19)7-5-8-14(16)25-3/h5,7-9H,4,6H2,1-3H3,(H,23,24). The number of aromatic nitrogens is 3. The first-order valence-corrected chi connectivity index (χ1v) is 7.93. The van der Waals surface area contributed by atoms with E-state index in [2.05, 4.69) is 10.1 Å². The Bertz CT molecular complexity index is 966. The Hall–Kier alpha value is -2.96. The maximum Gasteiger partial charge on any atom is 0.354 e. The molecule has 3 aromatic rings. The number of halogens is 1. The van der Waals surface area contributed by atoms with Crippen molar-refractivity contribution in [1.29, 1.82) is 0 Å². The maximum atomic E-state index is 14.6. The highest BCUT2D eigenvalue weighted by atomic mass is 19.1. The molecule has 0 saturated heterocycles. The van der Waals surface area contributed by atoms with Crippen LogP contribution in [0.15, 0.2) is 24.3 Å². The number of rotatable bonds is 5. The molecule has 7 heteroatoms. The molecule has 0 saturated carbocycles. The summed E-state index contributed by atoms with van der Waals surface area (Å²) >= 11 is 0. The molecule has 0 aliphatic heterocycles. The second kappa shape index (κ2) is 6.51. The number of nitrogens with zero attached hydrogens (tertiary/aromatic N) is 3. The highest BCUT2D eigenvalue weighted by Gasteiger charge is 2.23. The van der Waals surface area contributed by atoms with Gasteiger partial charge in [0.2, 0.25) is 0 Å². The number of aromatic carboxylic acids is 1. The van der Waals surface area contributed by atoms with Gasteiger partial charge in [0.05, 0.1) is 23.9 Å². The van der Waals surface area contributed by atoms with E-state index >= 15 is 0 Å². The summed E-state index contributed by atoms with van der Waals surface area (Å²) in [5, 5.41) is 13.8. The third-order valence-corrected chi connectivity index (χ3v) is 4.01. The van der Waals surface area contributed by atoms with Crippen molar-refractivity contribution in [2.24, 2.45) is 0 Å². The zero-order chi connectivity index (χ0) is 18.1. The van der Waals surface area contributed by atoms with E-state index in [0.717, 1.165) is 12.1 Å². The molecule has 130 valence electrons. The Morgan fingerprint density at radius 3 is 2.76 bits per heavy atom. The minimum Gasteiger partial charge on any atom is -0.496 e. The fourth-order valence-electron chi connectivity index (χ4n) is 2.94. The molecule has 0 unspecified atom stereocenters. The van der Waals surface area contributed by atoms with Gasteiger partial charge in [0.25, 0.3) is 0 Å². The van der Waals surface area contributed by atoms with Crippen LogP contribution in [0.2, 0.25) is 0 Å². The number of carboxylic acids is 1. The molecule has 1 N–H and O–H groups in total. The number of aryl methyl sites for hydroxylation is 2. The van der Waals surface area contributed by atoms with Crippen LogP contribution in [0.3, 0.4) is 0 Å². The van der Waals surface area contributed by atoms with Gasteiger partial charge in [0.1, 0.15) is 11.6 Å². The van der Waals surface area contributed by atoms with Gasteiger partial charge in [-0.25, -0.2) is 18.7 Å². The Labute approximate surface area is 143 Å². The summed E-state index contributed by atoms with van der Waals surface area (Å²) in [5.74, 6) is -1.26. The lowest BCUT2D eigenvalue weighted by Crippen LogP contribution is -2.08. The predicted molar refractivity (Wildman–Crippen MR) is 90.6 cm³/mol. The molecular formula is C18H18FN3O3. The minimum absolute atomic E-state index is 0.0904. The van der Waals surface area contributed by atoms with Crippen LogP contribution in [-0.2, 0) is 6.42 Å². The normalized spacial score (nSPS) is 11.0. The Morgan fingerprint density at radius 2 is 2.12 bits per heavy atom. The molecule has 0 atom stereocenters.